The molecule has 7 nitrogen and oxygen atoms in total. The zero-order valence-electron chi connectivity index (χ0n) is 17.6. The Morgan fingerprint density at radius 3 is 2.52 bits per heavy atom. The summed E-state index contributed by atoms with van der Waals surface area (Å²) in [7, 11) is 0. The predicted molar refractivity (Wildman–Crippen MR) is 117 cm³/mol. The SMILES string of the molecule is Cc1cc(-n2c(C)cc(C(=O)COC(=O)c3sc(-c4ccccc4)nc3C)c2C)no1. The van der Waals surface area contributed by atoms with Crippen LogP contribution in [0, 0.1) is 27.7 Å². The number of benzene rings is 1. The van der Waals surface area contributed by atoms with Gasteiger partial charge in [0.1, 0.15) is 15.6 Å². The van der Waals surface area contributed by atoms with Gasteiger partial charge in [-0.3, -0.25) is 9.36 Å². The third kappa shape index (κ3) is 4.06. The molecule has 1 aromatic carbocycles. The Morgan fingerprint density at radius 1 is 1.10 bits per heavy atom. The first kappa shape index (κ1) is 20.7. The Bertz CT molecular complexity index is 1270. The molecule has 0 saturated carbocycles. The minimum atomic E-state index is -0.550. The van der Waals surface area contributed by atoms with Gasteiger partial charge in [-0.15, -0.1) is 11.3 Å². The number of nitrogens with zero attached hydrogens (tertiary/aromatic N) is 3. The van der Waals surface area contributed by atoms with Crippen LogP contribution in [0.25, 0.3) is 16.4 Å². The zero-order chi connectivity index (χ0) is 22.1. The fraction of sp³-hybridized carbons (Fsp3) is 0.217. The number of ether oxygens (including phenoxy) is 1. The normalized spacial score (nSPS) is 11.0. The number of aryl methyl sites for hydroxylation is 3. The van der Waals surface area contributed by atoms with E-state index in [1.54, 1.807) is 26.0 Å². The lowest BCUT2D eigenvalue weighted by molar-refractivity contribution is 0.0478. The van der Waals surface area contributed by atoms with Crippen molar-refractivity contribution < 1.29 is 18.8 Å². The van der Waals surface area contributed by atoms with E-state index >= 15 is 0 Å². The fourth-order valence-corrected chi connectivity index (χ4v) is 4.39. The molecule has 0 unspecified atom stereocenters. The molecule has 0 amide bonds. The minimum Gasteiger partial charge on any atom is -0.453 e. The van der Waals surface area contributed by atoms with Gasteiger partial charge < -0.3 is 9.26 Å². The van der Waals surface area contributed by atoms with E-state index in [0.717, 1.165) is 16.3 Å². The van der Waals surface area contributed by atoms with Gasteiger partial charge in [-0.25, -0.2) is 9.78 Å². The molecule has 4 rings (SSSR count). The van der Waals surface area contributed by atoms with Crippen molar-refractivity contribution in [3.63, 3.8) is 0 Å². The summed E-state index contributed by atoms with van der Waals surface area (Å²) in [6, 6.07) is 13.2. The summed E-state index contributed by atoms with van der Waals surface area (Å²) in [4.78, 5) is 30.2. The second-order valence-electron chi connectivity index (χ2n) is 7.21. The standard InChI is InChI=1S/C23H21N3O4S/c1-13-10-18(16(4)26(13)20-11-14(2)30-25-20)19(27)12-29-23(28)21-15(3)24-22(31-21)17-8-6-5-7-9-17/h5-11H,12H2,1-4H3. The number of carbonyl (C=O) groups excluding carboxylic acids is 2. The molecule has 158 valence electrons. The highest BCUT2D eigenvalue weighted by atomic mass is 32.1. The highest BCUT2D eigenvalue weighted by molar-refractivity contribution is 7.17. The monoisotopic (exact) mass is 435 g/mol. The summed E-state index contributed by atoms with van der Waals surface area (Å²) in [6.45, 7) is 6.92. The zero-order valence-corrected chi connectivity index (χ0v) is 18.4. The van der Waals surface area contributed by atoms with E-state index in [9.17, 15) is 9.59 Å². The first-order valence-corrected chi connectivity index (χ1v) is 10.5. The quantitative estimate of drug-likeness (QED) is 0.317. The number of rotatable bonds is 6. The average molecular weight is 436 g/mol. The van der Waals surface area contributed by atoms with Gasteiger partial charge in [0.05, 0.1) is 5.69 Å². The van der Waals surface area contributed by atoms with Crippen molar-refractivity contribution in [3.8, 4) is 16.4 Å². The number of esters is 1. The number of hydrogen-bond acceptors (Lipinski definition) is 7. The van der Waals surface area contributed by atoms with Crippen LogP contribution in [0.4, 0.5) is 0 Å². The summed E-state index contributed by atoms with van der Waals surface area (Å²) in [5, 5.41) is 4.76. The van der Waals surface area contributed by atoms with Crippen LogP contribution in [0.5, 0.6) is 0 Å². The number of Topliss-reactive ketones (excluding diaryl/α,β-unsaturated/α-hetero) is 1. The van der Waals surface area contributed by atoms with Crippen LogP contribution in [-0.2, 0) is 4.74 Å². The predicted octanol–water partition coefficient (Wildman–Crippen LogP) is 4.86. The topological polar surface area (TPSA) is 87.2 Å². The third-order valence-corrected chi connectivity index (χ3v) is 6.10. The van der Waals surface area contributed by atoms with Gasteiger partial charge in [-0.1, -0.05) is 35.5 Å². The van der Waals surface area contributed by atoms with Gasteiger partial charge in [0.2, 0.25) is 5.78 Å². The smallest absolute Gasteiger partial charge is 0.350 e. The van der Waals surface area contributed by atoms with Crippen molar-refractivity contribution in [2.24, 2.45) is 0 Å². The van der Waals surface area contributed by atoms with Crippen molar-refractivity contribution in [3.05, 3.63) is 75.7 Å². The molecule has 0 aliphatic carbocycles. The Morgan fingerprint density at radius 2 is 1.84 bits per heavy atom. The average Bonchev–Trinajstić information content (AvgIpc) is 3.43. The van der Waals surface area contributed by atoms with E-state index in [1.807, 2.05) is 48.7 Å². The number of carbonyl (C=O) groups is 2. The summed E-state index contributed by atoms with van der Waals surface area (Å²) in [6.07, 6.45) is 0. The molecular formula is C23H21N3O4S. The van der Waals surface area contributed by atoms with Gasteiger partial charge in [-0.2, -0.15) is 0 Å². The molecule has 0 aliphatic heterocycles. The minimum absolute atomic E-state index is 0.279. The second-order valence-corrected chi connectivity index (χ2v) is 8.21. The van der Waals surface area contributed by atoms with Crippen molar-refractivity contribution >= 4 is 23.1 Å². The van der Waals surface area contributed by atoms with E-state index in [-0.39, 0.29) is 12.4 Å². The van der Waals surface area contributed by atoms with Crippen LogP contribution >= 0.6 is 11.3 Å². The summed E-state index contributed by atoms with van der Waals surface area (Å²) in [5.74, 6) is 0.459. The van der Waals surface area contributed by atoms with E-state index in [1.165, 1.54) is 11.3 Å². The molecule has 3 heterocycles. The van der Waals surface area contributed by atoms with Gasteiger partial charge in [0, 0.05) is 28.6 Å². The molecule has 0 aliphatic rings. The Balaban J connectivity index is 1.48. The van der Waals surface area contributed by atoms with Gasteiger partial charge in [0.25, 0.3) is 0 Å². The van der Waals surface area contributed by atoms with E-state index in [4.69, 9.17) is 9.26 Å². The highest BCUT2D eigenvalue weighted by Gasteiger charge is 2.22. The molecule has 4 aromatic rings. The van der Waals surface area contributed by atoms with E-state index < -0.39 is 5.97 Å². The van der Waals surface area contributed by atoms with Gasteiger partial charge >= 0.3 is 5.97 Å². The molecule has 0 radical (unpaired) electrons. The second kappa shape index (κ2) is 8.31. The maximum absolute atomic E-state index is 12.8. The van der Waals surface area contributed by atoms with Crippen LogP contribution in [0.1, 0.15) is 42.9 Å². The molecule has 0 fully saturated rings. The molecule has 0 N–H and O–H groups in total. The Hall–Kier alpha value is -3.52. The lowest BCUT2D eigenvalue weighted by atomic mass is 10.1. The highest BCUT2D eigenvalue weighted by Crippen LogP contribution is 2.28. The van der Waals surface area contributed by atoms with Crippen LogP contribution in [0.3, 0.4) is 0 Å². The maximum atomic E-state index is 12.8. The first-order valence-electron chi connectivity index (χ1n) is 9.71. The lowest BCUT2D eigenvalue weighted by Gasteiger charge is -2.06. The lowest BCUT2D eigenvalue weighted by Crippen LogP contribution is -2.15. The molecule has 0 spiro atoms. The fourth-order valence-electron chi connectivity index (χ4n) is 3.42. The van der Waals surface area contributed by atoms with Crippen molar-refractivity contribution in [1.82, 2.24) is 14.7 Å². The van der Waals surface area contributed by atoms with Crippen LogP contribution in [-0.4, -0.2) is 33.1 Å². The molecule has 0 atom stereocenters. The Labute approximate surface area is 183 Å². The summed E-state index contributed by atoms with van der Waals surface area (Å²) < 4.78 is 12.3. The number of aromatic nitrogens is 3. The first-order chi connectivity index (χ1) is 14.8. The van der Waals surface area contributed by atoms with Crippen LogP contribution in [0.2, 0.25) is 0 Å². The molecule has 31 heavy (non-hydrogen) atoms. The molecule has 0 saturated heterocycles. The summed E-state index contributed by atoms with van der Waals surface area (Å²) in [5.41, 5.74) is 3.55. The largest absolute Gasteiger partial charge is 0.453 e. The summed E-state index contributed by atoms with van der Waals surface area (Å²) >= 11 is 1.26. The van der Waals surface area contributed by atoms with Crippen molar-refractivity contribution in [2.45, 2.75) is 27.7 Å². The van der Waals surface area contributed by atoms with E-state index in [2.05, 4.69) is 10.1 Å². The van der Waals surface area contributed by atoms with Gasteiger partial charge in [-0.05, 0) is 33.8 Å². The van der Waals surface area contributed by atoms with Gasteiger partial charge in [0.15, 0.2) is 12.4 Å². The molecule has 0 bridgehead atoms. The Kier molecular flexibility index (Phi) is 5.56. The van der Waals surface area contributed by atoms with Crippen molar-refractivity contribution in [1.29, 1.82) is 0 Å². The molecule has 3 aromatic heterocycles. The van der Waals surface area contributed by atoms with Crippen molar-refractivity contribution in [2.75, 3.05) is 6.61 Å². The van der Waals surface area contributed by atoms with E-state index in [0.29, 0.717) is 33.4 Å². The number of thiazole rings is 1. The molecular weight excluding hydrogens is 414 g/mol. The number of hydrogen-bond donors (Lipinski definition) is 0. The third-order valence-electron chi connectivity index (χ3n) is 4.91. The molecule has 8 heteroatoms. The van der Waals surface area contributed by atoms with Crippen LogP contribution < -0.4 is 0 Å². The maximum Gasteiger partial charge on any atom is 0.350 e. The number of ketones is 1. The van der Waals surface area contributed by atoms with Crippen LogP contribution in [0.15, 0.2) is 47.0 Å².